The van der Waals surface area contributed by atoms with E-state index in [-0.39, 0.29) is 24.5 Å². The predicted octanol–water partition coefficient (Wildman–Crippen LogP) is 5.45. The second kappa shape index (κ2) is 10.5. The molecule has 1 aliphatic carbocycles. The Morgan fingerprint density at radius 3 is 2.61 bits per heavy atom. The van der Waals surface area contributed by atoms with Crippen LogP contribution >= 0.6 is 0 Å². The molecule has 2 atom stereocenters. The second-order valence-corrected chi connectivity index (χ2v) is 10.1. The van der Waals surface area contributed by atoms with Gasteiger partial charge in [0.2, 0.25) is 5.89 Å². The molecule has 0 radical (unpaired) electrons. The lowest BCUT2D eigenvalue weighted by Crippen LogP contribution is -2.36. The largest absolute Gasteiger partial charge is 0.481 e. The van der Waals surface area contributed by atoms with Crippen LogP contribution in [0.2, 0.25) is 0 Å². The SMILES string of the molecule is CC(C)(C)OC(=O)N1CCCC1c1noc(C(CCCC2CCCCC2)CC(=O)O)n1. The Bertz CT molecular complexity index is 736. The Morgan fingerprint density at radius 2 is 1.94 bits per heavy atom. The third kappa shape index (κ3) is 6.94. The van der Waals surface area contributed by atoms with Crippen molar-refractivity contribution in [3.05, 3.63) is 11.7 Å². The van der Waals surface area contributed by atoms with E-state index in [0.29, 0.717) is 18.3 Å². The van der Waals surface area contributed by atoms with Gasteiger partial charge in [0.1, 0.15) is 5.60 Å². The Kier molecular flexibility index (Phi) is 7.94. The van der Waals surface area contributed by atoms with Crippen molar-refractivity contribution < 1.29 is 24.0 Å². The average Bonchev–Trinajstić information content (AvgIpc) is 3.36. The number of carbonyl (C=O) groups excluding carboxylic acids is 1. The van der Waals surface area contributed by atoms with Crippen LogP contribution in [0, 0.1) is 5.92 Å². The highest BCUT2D eigenvalue weighted by Crippen LogP contribution is 2.34. The van der Waals surface area contributed by atoms with Crippen LogP contribution in [0.5, 0.6) is 0 Å². The molecular weight excluding hydrogens is 398 g/mol. The molecule has 3 rings (SSSR count). The van der Waals surface area contributed by atoms with E-state index in [1.54, 1.807) is 4.90 Å². The van der Waals surface area contributed by atoms with Crippen molar-refractivity contribution in [1.82, 2.24) is 15.0 Å². The van der Waals surface area contributed by atoms with Crippen LogP contribution in [0.15, 0.2) is 4.52 Å². The van der Waals surface area contributed by atoms with Gasteiger partial charge in [0.25, 0.3) is 0 Å². The maximum atomic E-state index is 12.6. The summed E-state index contributed by atoms with van der Waals surface area (Å²) in [4.78, 5) is 30.2. The topological polar surface area (TPSA) is 106 Å². The molecule has 1 aromatic heterocycles. The molecule has 1 amide bonds. The fourth-order valence-corrected chi connectivity index (χ4v) is 4.78. The quantitative estimate of drug-likeness (QED) is 0.578. The summed E-state index contributed by atoms with van der Waals surface area (Å²) >= 11 is 0. The number of carbonyl (C=O) groups is 2. The molecule has 0 aromatic carbocycles. The highest BCUT2D eigenvalue weighted by molar-refractivity contribution is 5.69. The summed E-state index contributed by atoms with van der Waals surface area (Å²) < 4.78 is 11.0. The van der Waals surface area contributed by atoms with E-state index >= 15 is 0 Å². The third-order valence-electron chi connectivity index (χ3n) is 6.30. The summed E-state index contributed by atoms with van der Waals surface area (Å²) in [5, 5.41) is 13.5. The summed E-state index contributed by atoms with van der Waals surface area (Å²) in [6.07, 6.45) is 10.5. The number of rotatable bonds is 8. The van der Waals surface area contributed by atoms with E-state index < -0.39 is 11.6 Å². The zero-order chi connectivity index (χ0) is 22.4. The van der Waals surface area contributed by atoms with Crippen molar-refractivity contribution in [2.24, 2.45) is 5.92 Å². The van der Waals surface area contributed by atoms with Crippen LogP contribution in [0.25, 0.3) is 0 Å². The fourth-order valence-electron chi connectivity index (χ4n) is 4.78. The first-order valence-corrected chi connectivity index (χ1v) is 11.8. The first-order chi connectivity index (χ1) is 14.7. The van der Waals surface area contributed by atoms with Gasteiger partial charge in [0.15, 0.2) is 5.82 Å². The number of hydrogen-bond donors (Lipinski definition) is 1. The van der Waals surface area contributed by atoms with E-state index in [1.165, 1.54) is 32.1 Å². The minimum absolute atomic E-state index is 0.0211. The van der Waals surface area contributed by atoms with Crippen LogP contribution in [-0.2, 0) is 9.53 Å². The molecule has 1 N–H and O–H groups in total. The average molecular weight is 436 g/mol. The maximum absolute atomic E-state index is 12.6. The van der Waals surface area contributed by atoms with Gasteiger partial charge in [-0.15, -0.1) is 0 Å². The Hall–Kier alpha value is -2.12. The lowest BCUT2D eigenvalue weighted by atomic mass is 9.84. The molecule has 31 heavy (non-hydrogen) atoms. The van der Waals surface area contributed by atoms with E-state index in [1.807, 2.05) is 20.8 Å². The van der Waals surface area contributed by atoms with Crippen molar-refractivity contribution in [3.8, 4) is 0 Å². The molecule has 2 fully saturated rings. The minimum atomic E-state index is -0.862. The molecule has 1 aliphatic heterocycles. The van der Waals surface area contributed by atoms with E-state index in [9.17, 15) is 14.7 Å². The van der Waals surface area contributed by atoms with Crippen molar-refractivity contribution in [3.63, 3.8) is 0 Å². The molecule has 1 aromatic rings. The molecule has 2 heterocycles. The lowest BCUT2D eigenvalue weighted by Gasteiger charge is -2.27. The van der Waals surface area contributed by atoms with Gasteiger partial charge in [-0.1, -0.05) is 50.1 Å². The smallest absolute Gasteiger partial charge is 0.410 e. The number of aliphatic carboxylic acids is 1. The normalized spacial score (nSPS) is 21.3. The number of hydrogen-bond acceptors (Lipinski definition) is 6. The van der Waals surface area contributed by atoms with E-state index in [0.717, 1.165) is 38.0 Å². The number of carboxylic acids is 1. The van der Waals surface area contributed by atoms with E-state index in [4.69, 9.17) is 9.26 Å². The number of carboxylic acid groups (broad SMARTS) is 1. The first kappa shape index (κ1) is 23.5. The number of amides is 1. The van der Waals surface area contributed by atoms with Gasteiger partial charge < -0.3 is 14.4 Å². The number of aromatic nitrogens is 2. The third-order valence-corrected chi connectivity index (χ3v) is 6.30. The molecule has 2 unspecified atom stereocenters. The van der Waals surface area contributed by atoms with Gasteiger partial charge >= 0.3 is 12.1 Å². The van der Waals surface area contributed by atoms with Gasteiger partial charge in [0, 0.05) is 12.5 Å². The Labute approximate surface area is 184 Å². The van der Waals surface area contributed by atoms with Crippen molar-refractivity contribution in [2.75, 3.05) is 6.54 Å². The zero-order valence-electron chi connectivity index (χ0n) is 19.1. The molecule has 0 spiro atoms. The lowest BCUT2D eigenvalue weighted by molar-refractivity contribution is -0.137. The summed E-state index contributed by atoms with van der Waals surface area (Å²) in [7, 11) is 0. The Morgan fingerprint density at radius 1 is 1.19 bits per heavy atom. The second-order valence-electron chi connectivity index (χ2n) is 10.1. The standard InChI is InChI=1S/C23H37N3O5/c1-23(2,3)30-22(29)26-14-8-13-18(26)20-24-21(31-25-20)17(15-19(27)28)12-7-11-16-9-5-4-6-10-16/h16-18H,4-15H2,1-3H3,(H,27,28). The fraction of sp³-hybridized carbons (Fsp3) is 0.826. The molecule has 0 bridgehead atoms. The molecule has 8 heteroatoms. The van der Waals surface area contributed by atoms with Gasteiger partial charge in [-0.05, 0) is 46.0 Å². The number of likely N-dealkylation sites (tertiary alicyclic amines) is 1. The molecule has 1 saturated carbocycles. The molecular formula is C23H37N3O5. The maximum Gasteiger partial charge on any atom is 0.410 e. The Balaban J connectivity index is 1.63. The number of nitrogens with zero attached hydrogens (tertiary/aromatic N) is 3. The monoisotopic (exact) mass is 435 g/mol. The van der Waals surface area contributed by atoms with Crippen molar-refractivity contribution in [2.45, 2.75) is 109 Å². The molecule has 8 nitrogen and oxygen atoms in total. The molecule has 1 saturated heterocycles. The predicted molar refractivity (Wildman–Crippen MR) is 115 cm³/mol. The molecule has 174 valence electrons. The number of ether oxygens (including phenoxy) is 1. The first-order valence-electron chi connectivity index (χ1n) is 11.8. The van der Waals surface area contributed by atoms with Crippen molar-refractivity contribution >= 4 is 12.1 Å². The van der Waals surface area contributed by atoms with Gasteiger partial charge in [0.05, 0.1) is 12.5 Å². The van der Waals surface area contributed by atoms with Gasteiger partial charge in [-0.25, -0.2) is 4.79 Å². The van der Waals surface area contributed by atoms with Crippen LogP contribution in [0.4, 0.5) is 4.79 Å². The van der Waals surface area contributed by atoms with Crippen LogP contribution < -0.4 is 0 Å². The molecule has 2 aliphatic rings. The minimum Gasteiger partial charge on any atom is -0.481 e. The summed E-state index contributed by atoms with van der Waals surface area (Å²) in [5.74, 6) is 0.425. The van der Waals surface area contributed by atoms with Gasteiger partial charge in [-0.3, -0.25) is 9.69 Å². The summed E-state index contributed by atoms with van der Waals surface area (Å²) in [6.45, 7) is 6.11. The van der Waals surface area contributed by atoms with Crippen LogP contribution in [0.3, 0.4) is 0 Å². The van der Waals surface area contributed by atoms with E-state index in [2.05, 4.69) is 10.1 Å². The van der Waals surface area contributed by atoms with Gasteiger partial charge in [-0.2, -0.15) is 4.98 Å². The highest BCUT2D eigenvalue weighted by Gasteiger charge is 2.36. The van der Waals surface area contributed by atoms with Crippen LogP contribution in [0.1, 0.15) is 115 Å². The van der Waals surface area contributed by atoms with Crippen molar-refractivity contribution in [1.29, 1.82) is 0 Å². The highest BCUT2D eigenvalue weighted by atomic mass is 16.6. The van der Waals surface area contributed by atoms with Crippen LogP contribution in [-0.4, -0.2) is 44.4 Å². The summed E-state index contributed by atoms with van der Waals surface area (Å²) in [6, 6.07) is -0.292. The summed E-state index contributed by atoms with van der Waals surface area (Å²) in [5.41, 5.74) is -0.572. The zero-order valence-corrected chi connectivity index (χ0v) is 19.1.